The van der Waals surface area contributed by atoms with Gasteiger partial charge in [0, 0.05) is 0 Å². The predicted octanol–water partition coefficient (Wildman–Crippen LogP) is 3.98. The van der Waals surface area contributed by atoms with Crippen LogP contribution in [0, 0.1) is 0 Å². The van der Waals surface area contributed by atoms with Crippen molar-refractivity contribution < 1.29 is 9.47 Å². The Hall–Kier alpha value is -1.67. The second kappa shape index (κ2) is 6.31. The van der Waals surface area contributed by atoms with Gasteiger partial charge in [-0.1, -0.05) is 24.3 Å². The summed E-state index contributed by atoms with van der Waals surface area (Å²) in [6.45, 7) is 0.528. The molecule has 0 N–H and O–H groups in total. The van der Waals surface area contributed by atoms with Crippen LogP contribution in [0.4, 0.5) is 0 Å². The lowest BCUT2D eigenvalue weighted by Crippen LogP contribution is -1.97. The van der Waals surface area contributed by atoms with Crippen LogP contribution in [0.2, 0.25) is 0 Å². The maximum absolute atomic E-state index is 5.57. The minimum absolute atomic E-state index is 0.498. The Kier molecular flexibility index (Phi) is 4.48. The molecule has 0 aromatic heterocycles. The van der Waals surface area contributed by atoms with Gasteiger partial charge in [0.15, 0.2) is 0 Å². The lowest BCUT2D eigenvalue weighted by molar-refractivity contribution is 0.343. The molecule has 0 saturated carbocycles. The molecule has 0 aliphatic heterocycles. The van der Waals surface area contributed by atoms with Gasteiger partial charge in [-0.05, 0) is 35.4 Å². The molecule has 0 aliphatic carbocycles. The fourth-order valence-electron chi connectivity index (χ4n) is 1.70. The molecule has 0 aliphatic rings. The Morgan fingerprint density at radius 3 is 2.39 bits per heavy atom. The molecule has 0 atom stereocenters. The number of rotatable bonds is 5. The van der Waals surface area contributed by atoms with Gasteiger partial charge in [0.1, 0.15) is 18.1 Å². The van der Waals surface area contributed by atoms with Crippen molar-refractivity contribution in [2.45, 2.75) is 0 Å². The van der Waals surface area contributed by atoms with Crippen molar-refractivity contribution in [1.29, 1.82) is 0 Å². The minimum atomic E-state index is 0.498. The summed E-state index contributed by atoms with van der Waals surface area (Å²) in [5.74, 6) is 2.19. The highest BCUT2D eigenvalue weighted by Crippen LogP contribution is 2.25. The third-order valence-electron chi connectivity index (χ3n) is 2.60. The molecule has 0 heterocycles. The van der Waals surface area contributed by atoms with Crippen LogP contribution in [-0.4, -0.2) is 19.6 Å². The quantitative estimate of drug-likeness (QED) is 0.759. The van der Waals surface area contributed by atoms with Crippen LogP contribution in [0.5, 0.6) is 11.5 Å². The molecule has 2 aromatic carbocycles. The highest BCUT2D eigenvalue weighted by Gasteiger charge is 2.00. The van der Waals surface area contributed by atoms with Crippen molar-refractivity contribution in [2.24, 2.45) is 0 Å². The van der Waals surface area contributed by atoms with Gasteiger partial charge in [0.25, 0.3) is 0 Å². The summed E-state index contributed by atoms with van der Waals surface area (Å²) in [4.78, 5) is 0. The number of ether oxygens (including phenoxy) is 2. The zero-order valence-corrected chi connectivity index (χ0v) is 11.0. The number of methoxy groups -OCH3 is 1. The average Bonchev–Trinajstić information content (AvgIpc) is 2.46. The Labute approximate surface area is 112 Å². The monoisotopic (exact) mass is 262 g/mol. The SMILES string of the molecule is COc1cccc(-c2ccc(OCCCl)cc2)c1. The third-order valence-corrected chi connectivity index (χ3v) is 2.76. The molecule has 0 spiro atoms. The zero-order valence-electron chi connectivity index (χ0n) is 10.2. The van der Waals surface area contributed by atoms with Gasteiger partial charge in [-0.2, -0.15) is 0 Å². The van der Waals surface area contributed by atoms with Crippen LogP contribution in [0.1, 0.15) is 0 Å². The van der Waals surface area contributed by atoms with Gasteiger partial charge >= 0.3 is 0 Å². The summed E-state index contributed by atoms with van der Waals surface area (Å²) < 4.78 is 10.6. The smallest absolute Gasteiger partial charge is 0.119 e. The second-order valence-corrected chi connectivity index (χ2v) is 4.17. The molecule has 2 nitrogen and oxygen atoms in total. The van der Waals surface area contributed by atoms with Crippen LogP contribution < -0.4 is 9.47 Å². The summed E-state index contributed by atoms with van der Waals surface area (Å²) >= 11 is 5.57. The fraction of sp³-hybridized carbons (Fsp3) is 0.200. The molecule has 0 amide bonds. The van der Waals surface area contributed by atoms with E-state index in [1.165, 1.54) is 0 Å². The van der Waals surface area contributed by atoms with Gasteiger partial charge in [0.2, 0.25) is 0 Å². The first-order valence-electron chi connectivity index (χ1n) is 5.77. The third kappa shape index (κ3) is 3.17. The summed E-state index contributed by atoms with van der Waals surface area (Å²) in [6.07, 6.45) is 0. The normalized spacial score (nSPS) is 10.1. The highest BCUT2D eigenvalue weighted by molar-refractivity contribution is 6.18. The fourth-order valence-corrected chi connectivity index (χ4v) is 1.78. The van der Waals surface area contributed by atoms with E-state index in [2.05, 4.69) is 6.07 Å². The zero-order chi connectivity index (χ0) is 12.8. The molecule has 18 heavy (non-hydrogen) atoms. The molecule has 2 rings (SSSR count). The highest BCUT2D eigenvalue weighted by atomic mass is 35.5. The van der Waals surface area contributed by atoms with Crippen molar-refractivity contribution in [1.82, 2.24) is 0 Å². The van der Waals surface area contributed by atoms with Crippen LogP contribution >= 0.6 is 11.6 Å². The summed E-state index contributed by atoms with van der Waals surface area (Å²) in [5, 5.41) is 0. The topological polar surface area (TPSA) is 18.5 Å². The molecule has 3 heteroatoms. The van der Waals surface area contributed by atoms with E-state index < -0.39 is 0 Å². The molecule has 0 bridgehead atoms. The Morgan fingerprint density at radius 2 is 1.72 bits per heavy atom. The van der Waals surface area contributed by atoms with Gasteiger partial charge in [-0.3, -0.25) is 0 Å². The van der Waals surface area contributed by atoms with Gasteiger partial charge < -0.3 is 9.47 Å². The summed E-state index contributed by atoms with van der Waals surface area (Å²) in [7, 11) is 1.67. The van der Waals surface area contributed by atoms with Gasteiger partial charge in [-0.15, -0.1) is 11.6 Å². The minimum Gasteiger partial charge on any atom is -0.497 e. The van der Waals surface area contributed by atoms with E-state index in [0.717, 1.165) is 22.6 Å². The van der Waals surface area contributed by atoms with Gasteiger partial charge in [-0.25, -0.2) is 0 Å². The number of alkyl halides is 1. The Morgan fingerprint density at radius 1 is 0.944 bits per heavy atom. The largest absolute Gasteiger partial charge is 0.497 e. The molecule has 0 saturated heterocycles. The number of hydrogen-bond donors (Lipinski definition) is 0. The first kappa shape index (κ1) is 12.8. The van der Waals surface area contributed by atoms with Crippen LogP contribution in [0.3, 0.4) is 0 Å². The number of hydrogen-bond acceptors (Lipinski definition) is 2. The molecule has 0 fully saturated rings. The second-order valence-electron chi connectivity index (χ2n) is 3.79. The first-order chi connectivity index (χ1) is 8.83. The maximum atomic E-state index is 5.57. The van der Waals surface area contributed by atoms with Crippen molar-refractivity contribution in [3.05, 3.63) is 48.5 Å². The van der Waals surface area contributed by atoms with E-state index in [0.29, 0.717) is 12.5 Å². The van der Waals surface area contributed by atoms with Crippen molar-refractivity contribution >= 4 is 11.6 Å². The standard InChI is InChI=1S/C15H15ClO2/c1-17-15-4-2-3-13(11-15)12-5-7-14(8-6-12)18-10-9-16/h2-8,11H,9-10H2,1H3. The van der Waals surface area contributed by atoms with E-state index in [1.807, 2.05) is 42.5 Å². The molecular formula is C15H15ClO2. The van der Waals surface area contributed by atoms with Gasteiger partial charge in [0.05, 0.1) is 13.0 Å². The van der Waals surface area contributed by atoms with Crippen LogP contribution in [0.25, 0.3) is 11.1 Å². The van der Waals surface area contributed by atoms with E-state index in [4.69, 9.17) is 21.1 Å². The molecule has 0 radical (unpaired) electrons. The van der Waals surface area contributed by atoms with Crippen molar-refractivity contribution in [3.63, 3.8) is 0 Å². The molecule has 0 unspecified atom stereocenters. The number of halogens is 1. The lowest BCUT2D eigenvalue weighted by Gasteiger charge is -2.07. The molecular weight excluding hydrogens is 248 g/mol. The van der Waals surface area contributed by atoms with E-state index in [-0.39, 0.29) is 0 Å². The van der Waals surface area contributed by atoms with Crippen LogP contribution in [-0.2, 0) is 0 Å². The van der Waals surface area contributed by atoms with E-state index in [1.54, 1.807) is 7.11 Å². The van der Waals surface area contributed by atoms with E-state index in [9.17, 15) is 0 Å². The molecule has 94 valence electrons. The summed E-state index contributed by atoms with van der Waals surface area (Å²) in [6, 6.07) is 15.9. The lowest BCUT2D eigenvalue weighted by atomic mass is 10.1. The predicted molar refractivity (Wildman–Crippen MR) is 74.6 cm³/mol. The maximum Gasteiger partial charge on any atom is 0.119 e. The Balaban J connectivity index is 2.17. The van der Waals surface area contributed by atoms with Crippen LogP contribution in [0.15, 0.2) is 48.5 Å². The van der Waals surface area contributed by atoms with Crippen molar-refractivity contribution in [2.75, 3.05) is 19.6 Å². The first-order valence-corrected chi connectivity index (χ1v) is 6.30. The molecule has 2 aromatic rings. The van der Waals surface area contributed by atoms with E-state index >= 15 is 0 Å². The summed E-state index contributed by atoms with van der Waals surface area (Å²) in [5.41, 5.74) is 2.25. The number of benzene rings is 2. The Bertz CT molecular complexity index is 494. The van der Waals surface area contributed by atoms with Crippen molar-refractivity contribution in [3.8, 4) is 22.6 Å². The average molecular weight is 263 g/mol.